The number of carbonyl (C=O) groups excluding carboxylic acids is 1. The number of nitrogens with zero attached hydrogens (tertiary/aromatic N) is 3. The number of nitrogens with one attached hydrogen (secondary N) is 1. The van der Waals surface area contributed by atoms with E-state index in [1.165, 1.54) is 0 Å². The summed E-state index contributed by atoms with van der Waals surface area (Å²) in [5.41, 5.74) is -0.663. The number of aromatic nitrogens is 1. The van der Waals surface area contributed by atoms with Gasteiger partial charge in [0.1, 0.15) is 5.69 Å². The van der Waals surface area contributed by atoms with Crippen LogP contribution in [0.4, 0.5) is 0 Å². The summed E-state index contributed by atoms with van der Waals surface area (Å²) in [5, 5.41) is 23.6. The highest BCUT2D eigenvalue weighted by atomic mass is 16.6. The molecule has 0 saturated heterocycles. The maximum absolute atomic E-state index is 12.9. The van der Waals surface area contributed by atoms with E-state index < -0.39 is 11.1 Å². The largest absolute Gasteiger partial charge is 0.346 e. The lowest BCUT2D eigenvalue weighted by molar-refractivity contribution is -0.581. The molecule has 0 aliphatic heterocycles. The molecule has 0 fully saturated rings. The quantitative estimate of drug-likeness (QED) is 0.503. The Bertz CT molecular complexity index is 679. The number of rotatable bonds is 10. The average molecular weight is 362 g/mol. The van der Waals surface area contributed by atoms with E-state index >= 15 is 0 Å². The summed E-state index contributed by atoms with van der Waals surface area (Å²) in [6.45, 7) is 7.56. The summed E-state index contributed by atoms with van der Waals surface area (Å²) >= 11 is 0. The van der Waals surface area contributed by atoms with Gasteiger partial charge < -0.3 is 9.88 Å². The Morgan fingerprint density at radius 3 is 2.27 bits per heavy atom. The van der Waals surface area contributed by atoms with Gasteiger partial charge >= 0.3 is 0 Å². The zero-order valence-electron chi connectivity index (χ0n) is 16.5. The lowest BCUT2D eigenvalue weighted by Crippen LogP contribution is -2.48. The van der Waals surface area contributed by atoms with Crippen molar-refractivity contribution in [2.24, 2.45) is 7.05 Å². The Morgan fingerprint density at radius 2 is 1.85 bits per heavy atom. The molecule has 1 heterocycles. The Morgan fingerprint density at radius 1 is 1.27 bits per heavy atom. The normalized spacial score (nSPS) is 11.8. The summed E-state index contributed by atoms with van der Waals surface area (Å²) in [6.07, 6.45) is 4.79. The Hall–Kier alpha value is -2.36. The van der Waals surface area contributed by atoms with Crippen LogP contribution < -0.4 is 5.32 Å². The van der Waals surface area contributed by atoms with Crippen molar-refractivity contribution in [1.29, 1.82) is 5.26 Å². The molecular weight excluding hydrogens is 332 g/mol. The molecule has 0 atom stereocenters. The number of aryl methyl sites for hydroxylation is 1. The highest BCUT2D eigenvalue weighted by Gasteiger charge is 2.42. The van der Waals surface area contributed by atoms with Gasteiger partial charge in [0.25, 0.3) is 5.91 Å². The van der Waals surface area contributed by atoms with Gasteiger partial charge in [0.2, 0.25) is 5.54 Å². The van der Waals surface area contributed by atoms with Crippen LogP contribution in [-0.4, -0.2) is 20.9 Å². The molecule has 0 radical (unpaired) electrons. The van der Waals surface area contributed by atoms with Crippen molar-refractivity contribution in [3.05, 3.63) is 33.6 Å². The first-order valence-electron chi connectivity index (χ1n) is 9.26. The minimum absolute atomic E-state index is 0.251. The van der Waals surface area contributed by atoms with Gasteiger partial charge in [0.15, 0.2) is 0 Å². The van der Waals surface area contributed by atoms with E-state index in [1.54, 1.807) is 37.7 Å². The maximum atomic E-state index is 12.9. The Balaban J connectivity index is 3.21. The van der Waals surface area contributed by atoms with Gasteiger partial charge in [-0.3, -0.25) is 14.9 Å². The fraction of sp³-hybridized carbons (Fsp3) is 0.684. The molecule has 0 aliphatic rings. The highest BCUT2D eigenvalue weighted by Crippen LogP contribution is 2.33. The van der Waals surface area contributed by atoms with Gasteiger partial charge in [-0.25, -0.2) is 0 Å². The van der Waals surface area contributed by atoms with Crippen LogP contribution in [-0.2, 0) is 12.6 Å². The highest BCUT2D eigenvalue weighted by molar-refractivity contribution is 5.93. The third kappa shape index (κ3) is 4.06. The molecule has 26 heavy (non-hydrogen) atoms. The van der Waals surface area contributed by atoms with Crippen LogP contribution in [0.5, 0.6) is 0 Å². The first kappa shape index (κ1) is 21.7. The fourth-order valence-corrected chi connectivity index (χ4v) is 3.51. The molecule has 1 aromatic rings. The van der Waals surface area contributed by atoms with Gasteiger partial charge in [-0.1, -0.05) is 27.7 Å². The van der Waals surface area contributed by atoms with Crippen LogP contribution in [0.25, 0.3) is 0 Å². The zero-order chi connectivity index (χ0) is 20.0. The van der Waals surface area contributed by atoms with E-state index in [2.05, 4.69) is 11.4 Å². The summed E-state index contributed by atoms with van der Waals surface area (Å²) in [6, 6.07) is 3.77. The minimum Gasteiger partial charge on any atom is -0.346 e. The lowest BCUT2D eigenvalue weighted by atomic mass is 9.86. The summed E-state index contributed by atoms with van der Waals surface area (Å²) in [4.78, 5) is 24.3. The van der Waals surface area contributed by atoms with E-state index in [9.17, 15) is 14.9 Å². The van der Waals surface area contributed by atoms with Crippen LogP contribution in [0.15, 0.2) is 12.3 Å². The SMILES string of the molecule is CCC(CC)(CCC#N)NC(=O)c1cc(C(CC)(CC)[N+](=O)[O-])cn1C. The van der Waals surface area contributed by atoms with Crippen molar-refractivity contribution in [2.45, 2.75) is 77.3 Å². The van der Waals surface area contributed by atoms with Crippen LogP contribution in [0.2, 0.25) is 0 Å². The van der Waals surface area contributed by atoms with E-state index in [-0.39, 0.29) is 10.8 Å². The van der Waals surface area contributed by atoms with Crippen molar-refractivity contribution < 1.29 is 9.72 Å². The van der Waals surface area contributed by atoms with Gasteiger partial charge in [0, 0.05) is 48.5 Å². The Kier molecular flexibility index (Phi) is 7.37. The molecule has 0 aliphatic carbocycles. The molecule has 0 saturated carbocycles. The smallest absolute Gasteiger partial charge is 0.268 e. The van der Waals surface area contributed by atoms with Crippen molar-refractivity contribution in [1.82, 2.24) is 9.88 Å². The monoisotopic (exact) mass is 362 g/mol. The second-order valence-electron chi connectivity index (χ2n) is 6.82. The van der Waals surface area contributed by atoms with Gasteiger partial charge in [-0.2, -0.15) is 5.26 Å². The first-order valence-corrected chi connectivity index (χ1v) is 9.26. The standard InChI is InChI=1S/C19H30N4O3/c1-6-18(7-2,11-10-12-20)21-17(24)16-13-15(14-22(16)5)19(8-3,9-4)23(25)26/h13-14H,6-11H2,1-5H3,(H,21,24). The van der Waals surface area contributed by atoms with E-state index in [4.69, 9.17) is 5.26 Å². The molecule has 1 aromatic heterocycles. The fourth-order valence-electron chi connectivity index (χ4n) is 3.51. The number of hydrogen-bond acceptors (Lipinski definition) is 4. The second-order valence-corrected chi connectivity index (χ2v) is 6.82. The minimum atomic E-state index is -1.18. The van der Waals surface area contributed by atoms with E-state index in [0.29, 0.717) is 36.9 Å². The number of amides is 1. The molecule has 7 heteroatoms. The molecule has 1 N–H and O–H groups in total. The first-order chi connectivity index (χ1) is 12.3. The van der Waals surface area contributed by atoms with E-state index in [1.807, 2.05) is 13.8 Å². The van der Waals surface area contributed by atoms with Crippen molar-refractivity contribution >= 4 is 5.91 Å². The van der Waals surface area contributed by atoms with E-state index in [0.717, 1.165) is 12.8 Å². The Labute approximate surface area is 155 Å². The molecule has 0 unspecified atom stereocenters. The molecule has 0 spiro atoms. The molecule has 1 rings (SSSR count). The maximum Gasteiger partial charge on any atom is 0.268 e. The van der Waals surface area contributed by atoms with Crippen LogP contribution >= 0.6 is 0 Å². The van der Waals surface area contributed by atoms with Gasteiger partial charge in [0.05, 0.1) is 6.07 Å². The number of nitriles is 1. The van der Waals surface area contributed by atoms with Crippen LogP contribution in [0.3, 0.4) is 0 Å². The van der Waals surface area contributed by atoms with Crippen molar-refractivity contribution in [3.8, 4) is 6.07 Å². The second kappa shape index (κ2) is 8.84. The number of hydrogen-bond donors (Lipinski definition) is 1. The molecule has 144 valence electrons. The zero-order valence-corrected chi connectivity index (χ0v) is 16.5. The third-order valence-electron chi connectivity index (χ3n) is 5.74. The van der Waals surface area contributed by atoms with Gasteiger partial charge in [-0.15, -0.1) is 0 Å². The molecular formula is C19H30N4O3. The topological polar surface area (TPSA) is 101 Å². The van der Waals surface area contributed by atoms with Crippen molar-refractivity contribution in [2.75, 3.05) is 0 Å². The number of carbonyl (C=O) groups is 1. The average Bonchev–Trinajstić information content (AvgIpc) is 3.02. The predicted molar refractivity (Wildman–Crippen MR) is 100 cm³/mol. The molecule has 7 nitrogen and oxygen atoms in total. The van der Waals surface area contributed by atoms with Crippen LogP contribution in [0, 0.1) is 21.4 Å². The summed E-state index contributed by atoms with van der Waals surface area (Å²) < 4.78 is 1.65. The number of nitro groups is 1. The molecule has 0 bridgehead atoms. The van der Waals surface area contributed by atoms with Crippen molar-refractivity contribution in [3.63, 3.8) is 0 Å². The predicted octanol–water partition coefficient (Wildman–Crippen LogP) is 3.91. The third-order valence-corrected chi connectivity index (χ3v) is 5.74. The molecule has 0 aromatic carbocycles. The summed E-state index contributed by atoms with van der Waals surface area (Å²) in [5.74, 6) is -0.259. The molecule has 1 amide bonds. The van der Waals surface area contributed by atoms with Gasteiger partial charge in [-0.05, 0) is 25.3 Å². The lowest BCUT2D eigenvalue weighted by Gasteiger charge is -2.32. The van der Waals surface area contributed by atoms with Crippen LogP contribution in [0.1, 0.15) is 82.3 Å². The summed E-state index contributed by atoms with van der Waals surface area (Å²) in [7, 11) is 1.73.